The van der Waals surface area contributed by atoms with Crippen LogP contribution in [0.4, 0.5) is 10.1 Å². The molecule has 7 heteroatoms. The van der Waals surface area contributed by atoms with E-state index in [9.17, 15) is 9.18 Å². The Morgan fingerprint density at radius 1 is 1.19 bits per heavy atom. The smallest absolute Gasteiger partial charge is 0.222 e. The highest BCUT2D eigenvalue weighted by Crippen LogP contribution is 2.40. The molecule has 27 heavy (non-hydrogen) atoms. The fraction of sp³-hybridized carbons (Fsp3) is 0.500. The summed E-state index contributed by atoms with van der Waals surface area (Å²) in [6.07, 6.45) is 9.80. The van der Waals surface area contributed by atoms with Gasteiger partial charge in [-0.05, 0) is 32.3 Å². The summed E-state index contributed by atoms with van der Waals surface area (Å²) in [5, 5.41) is 0. The minimum absolute atomic E-state index is 0.00000437. The van der Waals surface area contributed by atoms with Crippen molar-refractivity contribution in [2.24, 2.45) is 5.41 Å². The van der Waals surface area contributed by atoms with Crippen molar-refractivity contribution >= 4 is 11.6 Å². The van der Waals surface area contributed by atoms with Crippen LogP contribution in [0.1, 0.15) is 37.1 Å². The molecule has 1 atom stereocenters. The minimum atomic E-state index is -0.284. The maximum absolute atomic E-state index is 14.2. The van der Waals surface area contributed by atoms with Gasteiger partial charge in [-0.3, -0.25) is 19.7 Å². The number of piperidine rings is 2. The fourth-order valence-corrected chi connectivity index (χ4v) is 4.31. The van der Waals surface area contributed by atoms with Crippen LogP contribution in [0.2, 0.25) is 0 Å². The molecular weight excluding hydrogens is 345 g/mol. The summed E-state index contributed by atoms with van der Waals surface area (Å²) in [5.41, 5.74) is 2.28. The molecule has 2 aromatic rings. The molecule has 6 nitrogen and oxygen atoms in total. The van der Waals surface area contributed by atoms with Gasteiger partial charge in [0, 0.05) is 43.9 Å². The molecule has 0 aliphatic carbocycles. The van der Waals surface area contributed by atoms with Crippen molar-refractivity contribution in [2.75, 3.05) is 24.5 Å². The van der Waals surface area contributed by atoms with Gasteiger partial charge in [-0.15, -0.1) is 0 Å². The molecule has 2 aliphatic rings. The summed E-state index contributed by atoms with van der Waals surface area (Å²) in [6.45, 7) is 4.66. The second-order valence-electron chi connectivity index (χ2n) is 7.75. The predicted octanol–water partition coefficient (Wildman–Crippen LogP) is 2.73. The number of aromatic nitrogens is 3. The van der Waals surface area contributed by atoms with Crippen LogP contribution in [0.5, 0.6) is 0 Å². The molecule has 0 unspecified atom stereocenters. The summed E-state index contributed by atoms with van der Waals surface area (Å²) in [4.78, 5) is 29.0. The van der Waals surface area contributed by atoms with Gasteiger partial charge in [0.2, 0.25) is 5.91 Å². The number of halogens is 1. The van der Waals surface area contributed by atoms with Crippen LogP contribution in [0.25, 0.3) is 0 Å². The second kappa shape index (κ2) is 7.21. The average Bonchev–Trinajstić information content (AvgIpc) is 2.67. The number of carbonyl (C=O) groups excluding carboxylic acids is 1. The van der Waals surface area contributed by atoms with Gasteiger partial charge in [0.05, 0.1) is 36.0 Å². The van der Waals surface area contributed by atoms with Crippen LogP contribution in [0, 0.1) is 18.2 Å². The van der Waals surface area contributed by atoms with Crippen molar-refractivity contribution < 1.29 is 9.18 Å². The molecule has 142 valence electrons. The summed E-state index contributed by atoms with van der Waals surface area (Å²) < 4.78 is 14.2. The number of likely N-dealkylation sites (tertiary alicyclic amines) is 1. The zero-order chi connectivity index (χ0) is 18.9. The lowest BCUT2D eigenvalue weighted by Gasteiger charge is -2.48. The molecule has 0 aromatic carbocycles. The first-order valence-electron chi connectivity index (χ1n) is 9.44. The number of pyridine rings is 1. The van der Waals surface area contributed by atoms with E-state index in [1.807, 2.05) is 11.8 Å². The molecule has 2 aromatic heterocycles. The van der Waals surface area contributed by atoms with Crippen LogP contribution in [0.3, 0.4) is 0 Å². The number of aryl methyl sites for hydroxylation is 1. The minimum Gasteiger partial charge on any atom is -0.368 e. The number of hydrogen-bond acceptors (Lipinski definition) is 5. The van der Waals surface area contributed by atoms with E-state index in [1.165, 1.54) is 6.20 Å². The lowest BCUT2D eigenvalue weighted by Crippen LogP contribution is -2.54. The van der Waals surface area contributed by atoms with Gasteiger partial charge in [0.15, 0.2) is 5.82 Å². The third-order valence-electron chi connectivity index (χ3n) is 5.69. The Kier molecular flexibility index (Phi) is 4.76. The Bertz CT molecular complexity index is 827. The van der Waals surface area contributed by atoms with Gasteiger partial charge in [-0.2, -0.15) is 0 Å². The number of anilines is 1. The molecule has 0 bridgehead atoms. The van der Waals surface area contributed by atoms with E-state index < -0.39 is 0 Å². The summed E-state index contributed by atoms with van der Waals surface area (Å²) in [7, 11) is 0. The Morgan fingerprint density at radius 2 is 2.07 bits per heavy atom. The third-order valence-corrected chi connectivity index (χ3v) is 5.69. The number of hydrogen-bond donors (Lipinski definition) is 0. The van der Waals surface area contributed by atoms with E-state index >= 15 is 0 Å². The van der Waals surface area contributed by atoms with Crippen LogP contribution >= 0.6 is 0 Å². The Hall–Kier alpha value is -2.57. The second-order valence-corrected chi connectivity index (χ2v) is 7.75. The molecular formula is C20H24FN5O. The molecule has 0 radical (unpaired) electrons. The number of amides is 1. The summed E-state index contributed by atoms with van der Waals surface area (Å²) in [6, 6.07) is 1.74. The maximum atomic E-state index is 14.2. The molecule has 4 rings (SSSR count). The van der Waals surface area contributed by atoms with Crippen molar-refractivity contribution in [1.29, 1.82) is 0 Å². The predicted molar refractivity (Wildman–Crippen MR) is 99.5 cm³/mol. The molecule has 4 heterocycles. The Labute approximate surface area is 158 Å². The normalized spacial score (nSPS) is 23.1. The van der Waals surface area contributed by atoms with E-state index in [1.54, 1.807) is 24.7 Å². The van der Waals surface area contributed by atoms with Gasteiger partial charge in [0.1, 0.15) is 0 Å². The third kappa shape index (κ3) is 3.77. The standard InChI is InChI=1S/C20H24FN5O/c1-15-9-24-16(10-23-15)12-26-14-20(6-3-19(26)27)5-2-8-25(13-20)18-4-7-22-11-17(18)21/h4,7,9-11H,2-3,5-6,8,12-14H2,1H3/t20-/m0/s1. The fourth-order valence-electron chi connectivity index (χ4n) is 4.31. The Morgan fingerprint density at radius 3 is 2.85 bits per heavy atom. The first kappa shape index (κ1) is 17.8. The molecule has 0 saturated carbocycles. The highest BCUT2D eigenvalue weighted by molar-refractivity contribution is 5.77. The quantitative estimate of drug-likeness (QED) is 0.832. The van der Waals surface area contributed by atoms with Crippen LogP contribution in [0.15, 0.2) is 30.9 Å². The SMILES string of the molecule is Cc1cnc(CN2C[C@@]3(CCCN(c4ccncc4F)C3)CCC2=O)cn1. The molecule has 0 N–H and O–H groups in total. The van der Waals surface area contributed by atoms with Gasteiger partial charge >= 0.3 is 0 Å². The molecule has 2 aliphatic heterocycles. The Balaban J connectivity index is 1.51. The zero-order valence-electron chi connectivity index (χ0n) is 15.6. The highest BCUT2D eigenvalue weighted by atomic mass is 19.1. The lowest BCUT2D eigenvalue weighted by atomic mass is 9.73. The van der Waals surface area contributed by atoms with E-state index in [4.69, 9.17) is 0 Å². The summed E-state index contributed by atoms with van der Waals surface area (Å²) >= 11 is 0. The number of nitrogens with zero attached hydrogens (tertiary/aromatic N) is 5. The number of carbonyl (C=O) groups is 1. The van der Waals surface area contributed by atoms with Gasteiger partial charge in [-0.1, -0.05) is 0 Å². The zero-order valence-corrected chi connectivity index (χ0v) is 15.6. The maximum Gasteiger partial charge on any atom is 0.222 e. The van der Waals surface area contributed by atoms with Crippen molar-refractivity contribution in [3.63, 3.8) is 0 Å². The van der Waals surface area contributed by atoms with Gasteiger partial charge < -0.3 is 9.80 Å². The van der Waals surface area contributed by atoms with Crippen molar-refractivity contribution in [1.82, 2.24) is 19.9 Å². The van der Waals surface area contributed by atoms with Crippen molar-refractivity contribution in [3.05, 3.63) is 48.1 Å². The molecule has 2 saturated heterocycles. The summed E-state index contributed by atoms with van der Waals surface area (Å²) in [5.74, 6) is -0.122. The van der Waals surface area contributed by atoms with E-state index in [2.05, 4.69) is 19.9 Å². The molecule has 1 amide bonds. The van der Waals surface area contributed by atoms with E-state index in [-0.39, 0.29) is 17.1 Å². The monoisotopic (exact) mass is 369 g/mol. The van der Waals surface area contributed by atoms with Crippen LogP contribution in [-0.2, 0) is 11.3 Å². The first-order chi connectivity index (χ1) is 13.0. The molecule has 1 spiro atoms. The topological polar surface area (TPSA) is 62.2 Å². The van der Waals surface area contributed by atoms with E-state index in [0.29, 0.717) is 25.2 Å². The van der Waals surface area contributed by atoms with Gasteiger partial charge in [-0.25, -0.2) is 4.39 Å². The number of rotatable bonds is 3. The van der Waals surface area contributed by atoms with E-state index in [0.717, 1.165) is 43.7 Å². The van der Waals surface area contributed by atoms with Crippen molar-refractivity contribution in [3.8, 4) is 0 Å². The van der Waals surface area contributed by atoms with Crippen LogP contribution in [-0.4, -0.2) is 45.4 Å². The lowest BCUT2D eigenvalue weighted by molar-refractivity contribution is -0.138. The van der Waals surface area contributed by atoms with Gasteiger partial charge in [0.25, 0.3) is 0 Å². The van der Waals surface area contributed by atoms with Crippen molar-refractivity contribution in [2.45, 2.75) is 39.2 Å². The first-order valence-corrected chi connectivity index (χ1v) is 9.44. The van der Waals surface area contributed by atoms with Crippen LogP contribution < -0.4 is 4.90 Å². The molecule has 2 fully saturated rings. The highest BCUT2D eigenvalue weighted by Gasteiger charge is 2.42. The average molecular weight is 369 g/mol. The largest absolute Gasteiger partial charge is 0.368 e.